The first-order valence-electron chi connectivity index (χ1n) is 8.13. The fraction of sp³-hybridized carbons (Fsp3) is 0.278. The number of carbonyl (C=O) groups is 1. The summed E-state index contributed by atoms with van der Waals surface area (Å²) in [4.78, 5) is 16.0. The van der Waals surface area contributed by atoms with Crippen LogP contribution in [0.4, 0.5) is 13.2 Å². The Hall–Kier alpha value is -3.10. The number of alkyl halides is 3. The van der Waals surface area contributed by atoms with Gasteiger partial charge in [0, 0.05) is 12.4 Å². The van der Waals surface area contributed by atoms with Crippen molar-refractivity contribution in [1.29, 1.82) is 0 Å². The Morgan fingerprint density at radius 2 is 1.93 bits per heavy atom. The minimum Gasteiger partial charge on any atom is -0.484 e. The van der Waals surface area contributed by atoms with Crippen LogP contribution in [-0.4, -0.2) is 40.1 Å². The maximum atomic E-state index is 12.2. The number of benzene rings is 1. The predicted octanol–water partition coefficient (Wildman–Crippen LogP) is 3.60. The molecule has 3 rings (SSSR count). The van der Waals surface area contributed by atoms with Gasteiger partial charge in [0.25, 0.3) is 0 Å². The van der Waals surface area contributed by atoms with E-state index in [1.807, 2.05) is 0 Å². The second kappa shape index (κ2) is 7.65. The minimum absolute atomic E-state index is 0.135. The summed E-state index contributed by atoms with van der Waals surface area (Å²) in [5.41, 5.74) is 1.60. The summed E-state index contributed by atoms with van der Waals surface area (Å²) in [7, 11) is 0. The molecule has 0 saturated carbocycles. The van der Waals surface area contributed by atoms with Crippen molar-refractivity contribution in [2.45, 2.75) is 19.6 Å². The molecule has 0 amide bonds. The van der Waals surface area contributed by atoms with Gasteiger partial charge in [-0.15, -0.1) is 0 Å². The molecule has 0 fully saturated rings. The first-order valence-corrected chi connectivity index (χ1v) is 8.13. The monoisotopic (exact) mass is 379 g/mol. The number of pyridine rings is 1. The van der Waals surface area contributed by atoms with Gasteiger partial charge in [-0.3, -0.25) is 4.68 Å². The van der Waals surface area contributed by atoms with Crippen LogP contribution in [0.1, 0.15) is 23.0 Å². The van der Waals surface area contributed by atoms with Crippen molar-refractivity contribution in [3.05, 3.63) is 54.0 Å². The topological polar surface area (TPSA) is 66.2 Å². The summed E-state index contributed by atoms with van der Waals surface area (Å²) < 4.78 is 47.8. The van der Waals surface area contributed by atoms with Crippen LogP contribution in [0.25, 0.3) is 10.9 Å². The molecule has 0 unspecified atom stereocenters. The third kappa shape index (κ3) is 4.75. The molecule has 3 aromatic rings. The van der Waals surface area contributed by atoms with Crippen LogP contribution in [0.3, 0.4) is 0 Å². The number of esters is 1. The highest BCUT2D eigenvalue weighted by atomic mass is 19.4. The smallest absolute Gasteiger partial charge is 0.422 e. The number of carbonyl (C=O) groups excluding carboxylic acids is 1. The molecule has 2 aromatic heterocycles. The Morgan fingerprint density at radius 1 is 1.19 bits per heavy atom. The third-order valence-corrected chi connectivity index (χ3v) is 3.62. The van der Waals surface area contributed by atoms with E-state index in [2.05, 4.69) is 14.8 Å². The van der Waals surface area contributed by atoms with Gasteiger partial charge >= 0.3 is 12.1 Å². The number of aromatic nitrogens is 3. The lowest BCUT2D eigenvalue weighted by atomic mass is 10.2. The number of fused-ring (bicyclic) bond motifs is 1. The SMILES string of the molecule is CCOC(=O)c1nccc2nn(Cc3ccc(OCC(F)(F)F)cc3)cc12. The molecule has 0 atom stereocenters. The zero-order valence-electron chi connectivity index (χ0n) is 14.4. The van der Waals surface area contributed by atoms with Crippen LogP contribution >= 0.6 is 0 Å². The van der Waals surface area contributed by atoms with Crippen molar-refractivity contribution in [3.63, 3.8) is 0 Å². The van der Waals surface area contributed by atoms with E-state index in [0.29, 0.717) is 17.4 Å². The van der Waals surface area contributed by atoms with Gasteiger partial charge in [-0.25, -0.2) is 9.78 Å². The molecule has 6 nitrogen and oxygen atoms in total. The molecule has 27 heavy (non-hydrogen) atoms. The van der Waals surface area contributed by atoms with Crippen molar-refractivity contribution >= 4 is 16.9 Å². The summed E-state index contributed by atoms with van der Waals surface area (Å²) in [6.07, 6.45) is -1.21. The lowest BCUT2D eigenvalue weighted by Gasteiger charge is -2.09. The summed E-state index contributed by atoms with van der Waals surface area (Å²) in [6.45, 7) is 0.994. The van der Waals surface area contributed by atoms with Crippen LogP contribution < -0.4 is 4.74 Å². The van der Waals surface area contributed by atoms with E-state index < -0.39 is 18.8 Å². The van der Waals surface area contributed by atoms with Crippen LogP contribution in [0.2, 0.25) is 0 Å². The number of ether oxygens (including phenoxy) is 2. The van der Waals surface area contributed by atoms with E-state index in [1.165, 1.54) is 18.3 Å². The Bertz CT molecular complexity index is 936. The molecule has 142 valence electrons. The molecule has 0 bridgehead atoms. The zero-order chi connectivity index (χ0) is 19.4. The van der Waals surface area contributed by atoms with Gasteiger partial charge in [-0.1, -0.05) is 12.1 Å². The zero-order valence-corrected chi connectivity index (χ0v) is 14.4. The van der Waals surface area contributed by atoms with Crippen molar-refractivity contribution in [2.24, 2.45) is 0 Å². The van der Waals surface area contributed by atoms with E-state index in [0.717, 1.165) is 5.56 Å². The Morgan fingerprint density at radius 3 is 2.59 bits per heavy atom. The summed E-state index contributed by atoms with van der Waals surface area (Å²) >= 11 is 0. The maximum absolute atomic E-state index is 12.2. The molecule has 0 saturated heterocycles. The van der Waals surface area contributed by atoms with Gasteiger partial charge in [0.05, 0.1) is 24.1 Å². The fourth-order valence-electron chi connectivity index (χ4n) is 2.48. The number of nitrogens with zero attached hydrogens (tertiary/aromatic N) is 3. The van der Waals surface area contributed by atoms with Gasteiger partial charge in [-0.2, -0.15) is 18.3 Å². The number of hydrogen-bond acceptors (Lipinski definition) is 5. The van der Waals surface area contributed by atoms with Gasteiger partial charge in [-0.05, 0) is 30.7 Å². The standard InChI is InChI=1S/C18H16F3N3O3/c1-2-26-17(25)16-14-10-24(23-15(14)7-8-22-16)9-12-3-5-13(6-4-12)27-11-18(19,20)21/h3-8,10H,2,9,11H2,1H3. The molecule has 0 aliphatic carbocycles. The predicted molar refractivity (Wildman–Crippen MR) is 90.6 cm³/mol. The summed E-state index contributed by atoms with van der Waals surface area (Å²) in [5, 5.41) is 4.96. The van der Waals surface area contributed by atoms with Crippen LogP contribution in [-0.2, 0) is 11.3 Å². The molecule has 0 aliphatic heterocycles. The largest absolute Gasteiger partial charge is 0.484 e. The molecular formula is C18H16F3N3O3. The average molecular weight is 379 g/mol. The summed E-state index contributed by atoms with van der Waals surface area (Å²) in [6, 6.07) is 7.93. The maximum Gasteiger partial charge on any atom is 0.422 e. The van der Waals surface area contributed by atoms with Crippen molar-refractivity contribution in [1.82, 2.24) is 14.8 Å². The summed E-state index contributed by atoms with van der Waals surface area (Å²) in [5.74, 6) is -0.385. The Labute approximate surface area is 152 Å². The van der Waals surface area contributed by atoms with E-state index in [1.54, 1.807) is 36.0 Å². The number of rotatable bonds is 6. The molecule has 0 spiro atoms. The molecule has 9 heteroatoms. The van der Waals surface area contributed by atoms with Gasteiger partial charge in [0.1, 0.15) is 5.75 Å². The molecular weight excluding hydrogens is 363 g/mol. The molecule has 0 aliphatic rings. The fourth-order valence-corrected chi connectivity index (χ4v) is 2.48. The second-order valence-electron chi connectivity index (χ2n) is 5.69. The van der Waals surface area contributed by atoms with Crippen molar-refractivity contribution in [2.75, 3.05) is 13.2 Å². The highest BCUT2D eigenvalue weighted by Crippen LogP contribution is 2.20. The van der Waals surface area contributed by atoms with Crippen LogP contribution in [0.5, 0.6) is 5.75 Å². The normalized spacial score (nSPS) is 11.6. The molecule has 0 N–H and O–H groups in total. The molecule has 2 heterocycles. The van der Waals surface area contributed by atoms with Gasteiger partial charge < -0.3 is 9.47 Å². The van der Waals surface area contributed by atoms with Crippen LogP contribution in [0.15, 0.2) is 42.7 Å². The Kier molecular flexibility index (Phi) is 5.29. The first-order chi connectivity index (χ1) is 12.9. The molecule has 1 aromatic carbocycles. The van der Waals surface area contributed by atoms with E-state index in [9.17, 15) is 18.0 Å². The lowest BCUT2D eigenvalue weighted by molar-refractivity contribution is -0.153. The highest BCUT2D eigenvalue weighted by molar-refractivity contribution is 6.01. The Balaban J connectivity index is 1.75. The van der Waals surface area contributed by atoms with Gasteiger partial charge in [0.2, 0.25) is 0 Å². The van der Waals surface area contributed by atoms with Crippen molar-refractivity contribution < 1.29 is 27.4 Å². The third-order valence-electron chi connectivity index (χ3n) is 3.62. The number of halogens is 3. The minimum atomic E-state index is -4.38. The van der Waals surface area contributed by atoms with E-state index in [-0.39, 0.29) is 18.1 Å². The second-order valence-corrected chi connectivity index (χ2v) is 5.69. The van der Waals surface area contributed by atoms with Crippen LogP contribution in [0, 0.1) is 0 Å². The quantitative estimate of drug-likeness (QED) is 0.613. The molecule has 0 radical (unpaired) electrons. The lowest BCUT2D eigenvalue weighted by Crippen LogP contribution is -2.19. The van der Waals surface area contributed by atoms with E-state index in [4.69, 9.17) is 4.74 Å². The van der Waals surface area contributed by atoms with E-state index >= 15 is 0 Å². The highest BCUT2D eigenvalue weighted by Gasteiger charge is 2.28. The number of hydrogen-bond donors (Lipinski definition) is 0. The van der Waals surface area contributed by atoms with Crippen molar-refractivity contribution in [3.8, 4) is 5.75 Å². The first kappa shape index (κ1) is 18.7. The van der Waals surface area contributed by atoms with Gasteiger partial charge in [0.15, 0.2) is 12.3 Å². The average Bonchev–Trinajstić information content (AvgIpc) is 3.03.